The summed E-state index contributed by atoms with van der Waals surface area (Å²) in [6.45, 7) is 5.16. The second-order valence-corrected chi connectivity index (χ2v) is 7.75. The molecule has 128 valence electrons. The van der Waals surface area contributed by atoms with Crippen LogP contribution in [0.1, 0.15) is 37.8 Å². The summed E-state index contributed by atoms with van der Waals surface area (Å²) in [6, 6.07) is 6.14. The summed E-state index contributed by atoms with van der Waals surface area (Å²) in [4.78, 5) is 21.8. The van der Waals surface area contributed by atoms with E-state index in [9.17, 15) is 4.79 Å². The van der Waals surface area contributed by atoms with E-state index < -0.39 is 0 Å². The van der Waals surface area contributed by atoms with Crippen molar-refractivity contribution in [3.63, 3.8) is 0 Å². The van der Waals surface area contributed by atoms with Crippen LogP contribution in [0.25, 0.3) is 0 Å². The molecule has 1 aromatic heterocycles. The average Bonchev–Trinajstić information content (AvgIpc) is 3.28. The van der Waals surface area contributed by atoms with Crippen molar-refractivity contribution < 1.29 is 4.79 Å². The predicted octanol–water partition coefficient (Wildman–Crippen LogP) is 2.86. The molecule has 0 radical (unpaired) electrons. The molecule has 0 N–H and O–H groups in total. The zero-order valence-corrected chi connectivity index (χ0v) is 14.4. The minimum atomic E-state index is 0.226. The lowest BCUT2D eigenvalue weighted by Crippen LogP contribution is -2.42. The average molecular weight is 325 g/mol. The maximum absolute atomic E-state index is 12.6. The first-order valence-electron chi connectivity index (χ1n) is 9.30. The summed E-state index contributed by atoms with van der Waals surface area (Å²) in [6.07, 6.45) is 11.7. The van der Waals surface area contributed by atoms with Gasteiger partial charge in [-0.05, 0) is 62.7 Å². The molecule has 0 bridgehead atoms. The zero-order chi connectivity index (χ0) is 16.4. The van der Waals surface area contributed by atoms with Crippen LogP contribution in [0.15, 0.2) is 36.5 Å². The Labute approximate surface area is 144 Å². The molecule has 1 aromatic rings. The van der Waals surface area contributed by atoms with E-state index in [1.165, 1.54) is 19.3 Å². The van der Waals surface area contributed by atoms with E-state index in [4.69, 9.17) is 0 Å². The number of carbonyl (C=O) groups excluding carboxylic acids is 1. The van der Waals surface area contributed by atoms with Crippen molar-refractivity contribution in [3.8, 4) is 0 Å². The summed E-state index contributed by atoms with van der Waals surface area (Å²) >= 11 is 0. The normalized spacial score (nSPS) is 24.1. The fourth-order valence-corrected chi connectivity index (χ4v) is 4.51. The highest BCUT2D eigenvalue weighted by molar-refractivity contribution is 5.80. The summed E-state index contributed by atoms with van der Waals surface area (Å²) in [5.41, 5.74) is 1.54. The van der Waals surface area contributed by atoms with E-state index in [0.29, 0.717) is 11.3 Å². The van der Waals surface area contributed by atoms with Gasteiger partial charge in [0.15, 0.2) is 0 Å². The van der Waals surface area contributed by atoms with Crippen LogP contribution in [-0.4, -0.2) is 46.9 Å². The Balaban J connectivity index is 1.30. The second kappa shape index (κ2) is 6.67. The van der Waals surface area contributed by atoms with Gasteiger partial charge in [-0.3, -0.25) is 14.7 Å². The predicted molar refractivity (Wildman–Crippen MR) is 94.2 cm³/mol. The molecular formula is C20H27N3O. The van der Waals surface area contributed by atoms with Crippen molar-refractivity contribution in [2.45, 2.75) is 38.6 Å². The molecule has 2 aliphatic heterocycles. The van der Waals surface area contributed by atoms with Gasteiger partial charge in [0.05, 0.1) is 5.69 Å². The number of likely N-dealkylation sites (tertiary alicyclic amines) is 2. The third-order valence-corrected chi connectivity index (χ3v) is 6.14. The number of piperidine rings is 1. The number of hydrogen-bond donors (Lipinski definition) is 0. The maximum atomic E-state index is 12.6. The van der Waals surface area contributed by atoms with Gasteiger partial charge < -0.3 is 4.90 Å². The first-order chi connectivity index (χ1) is 11.7. The van der Waals surface area contributed by atoms with Crippen molar-refractivity contribution in [2.75, 3.05) is 26.2 Å². The molecule has 4 heteroatoms. The molecule has 24 heavy (non-hydrogen) atoms. The molecular weight excluding hydrogens is 298 g/mol. The lowest BCUT2D eigenvalue weighted by molar-refractivity contribution is -0.134. The third kappa shape index (κ3) is 3.25. The van der Waals surface area contributed by atoms with Gasteiger partial charge in [-0.2, -0.15) is 0 Å². The van der Waals surface area contributed by atoms with E-state index in [1.807, 2.05) is 12.3 Å². The topological polar surface area (TPSA) is 36.4 Å². The number of amides is 1. The zero-order valence-electron chi connectivity index (χ0n) is 14.4. The molecule has 0 atom stereocenters. The first-order valence-corrected chi connectivity index (χ1v) is 9.30. The van der Waals surface area contributed by atoms with E-state index >= 15 is 0 Å². The van der Waals surface area contributed by atoms with E-state index in [1.54, 1.807) is 0 Å². The van der Waals surface area contributed by atoms with Crippen LogP contribution in [0.2, 0.25) is 0 Å². The van der Waals surface area contributed by atoms with Gasteiger partial charge in [0.25, 0.3) is 0 Å². The number of rotatable bonds is 3. The Morgan fingerprint density at radius 3 is 2.58 bits per heavy atom. The molecule has 1 aliphatic carbocycles. The molecule has 4 nitrogen and oxygen atoms in total. The standard InChI is InChI=1S/C20H27N3O/c24-19(17-5-1-2-6-17)23-14-10-20(16-23)8-12-22(13-9-20)15-18-7-3-4-11-21-18/h1-4,7,11,17H,5-6,8-10,12-16H2. The number of carbonyl (C=O) groups is 1. The number of aromatic nitrogens is 1. The Kier molecular flexibility index (Phi) is 4.40. The summed E-state index contributed by atoms with van der Waals surface area (Å²) in [5.74, 6) is 0.622. The molecule has 2 saturated heterocycles. The van der Waals surface area contributed by atoms with Gasteiger partial charge in [0.2, 0.25) is 5.91 Å². The Morgan fingerprint density at radius 1 is 1.12 bits per heavy atom. The highest BCUT2D eigenvalue weighted by atomic mass is 16.2. The van der Waals surface area contributed by atoms with Crippen molar-refractivity contribution in [1.29, 1.82) is 0 Å². The summed E-state index contributed by atoms with van der Waals surface area (Å²) in [5, 5.41) is 0. The van der Waals surface area contributed by atoms with E-state index in [-0.39, 0.29) is 5.92 Å². The quantitative estimate of drug-likeness (QED) is 0.802. The molecule has 3 heterocycles. The molecule has 2 fully saturated rings. The van der Waals surface area contributed by atoms with Crippen LogP contribution in [0.4, 0.5) is 0 Å². The van der Waals surface area contributed by atoms with Crippen molar-refractivity contribution >= 4 is 5.91 Å². The Morgan fingerprint density at radius 2 is 1.88 bits per heavy atom. The smallest absolute Gasteiger partial charge is 0.226 e. The Bertz CT molecular complexity index is 597. The lowest BCUT2D eigenvalue weighted by atomic mass is 9.77. The second-order valence-electron chi connectivity index (χ2n) is 7.75. The number of nitrogens with zero attached hydrogens (tertiary/aromatic N) is 3. The maximum Gasteiger partial charge on any atom is 0.226 e. The van der Waals surface area contributed by atoms with Gasteiger partial charge in [0.1, 0.15) is 0 Å². The fourth-order valence-electron chi connectivity index (χ4n) is 4.51. The van der Waals surface area contributed by atoms with Gasteiger partial charge in [-0.1, -0.05) is 18.2 Å². The fraction of sp³-hybridized carbons (Fsp3) is 0.600. The van der Waals surface area contributed by atoms with Crippen LogP contribution >= 0.6 is 0 Å². The minimum absolute atomic E-state index is 0.226. The Hall–Kier alpha value is -1.68. The summed E-state index contributed by atoms with van der Waals surface area (Å²) < 4.78 is 0. The first kappa shape index (κ1) is 15.8. The monoisotopic (exact) mass is 325 g/mol. The van der Waals surface area contributed by atoms with Crippen LogP contribution in [-0.2, 0) is 11.3 Å². The van der Waals surface area contributed by atoms with Crippen LogP contribution in [0.5, 0.6) is 0 Å². The number of allylic oxidation sites excluding steroid dienone is 2. The SMILES string of the molecule is O=C(C1CC=CC1)N1CCC2(CCN(Cc3ccccn3)CC2)C1. The van der Waals surface area contributed by atoms with Crippen LogP contribution in [0, 0.1) is 11.3 Å². The molecule has 1 amide bonds. The molecule has 4 rings (SSSR count). The molecule has 3 aliphatic rings. The highest BCUT2D eigenvalue weighted by Gasteiger charge is 2.43. The van der Waals surface area contributed by atoms with Gasteiger partial charge in [-0.15, -0.1) is 0 Å². The van der Waals surface area contributed by atoms with Gasteiger partial charge in [0, 0.05) is 31.7 Å². The van der Waals surface area contributed by atoms with Crippen LogP contribution in [0.3, 0.4) is 0 Å². The number of hydrogen-bond acceptors (Lipinski definition) is 3. The van der Waals surface area contributed by atoms with Crippen molar-refractivity contribution in [3.05, 3.63) is 42.2 Å². The van der Waals surface area contributed by atoms with Crippen LogP contribution < -0.4 is 0 Å². The van der Waals surface area contributed by atoms with E-state index in [2.05, 4.69) is 39.1 Å². The lowest BCUT2D eigenvalue weighted by Gasteiger charge is -2.39. The number of pyridine rings is 1. The van der Waals surface area contributed by atoms with Gasteiger partial charge in [-0.25, -0.2) is 0 Å². The molecule has 1 spiro atoms. The third-order valence-electron chi connectivity index (χ3n) is 6.14. The molecule has 0 saturated carbocycles. The van der Waals surface area contributed by atoms with Gasteiger partial charge >= 0.3 is 0 Å². The van der Waals surface area contributed by atoms with Crippen molar-refractivity contribution in [1.82, 2.24) is 14.8 Å². The minimum Gasteiger partial charge on any atom is -0.342 e. The van der Waals surface area contributed by atoms with Crippen molar-refractivity contribution in [2.24, 2.45) is 11.3 Å². The largest absolute Gasteiger partial charge is 0.342 e. The highest BCUT2D eigenvalue weighted by Crippen LogP contribution is 2.41. The molecule has 0 aromatic carbocycles. The van der Waals surface area contributed by atoms with E-state index in [0.717, 1.165) is 51.3 Å². The molecule has 0 unspecified atom stereocenters. The summed E-state index contributed by atoms with van der Waals surface area (Å²) in [7, 11) is 0.